The fraction of sp³-hybridized carbons (Fsp3) is 0.393. The third-order valence-electron chi connectivity index (χ3n) is 7.58. The third-order valence-corrected chi connectivity index (χ3v) is 8.50. The van der Waals surface area contributed by atoms with E-state index in [0.29, 0.717) is 26.1 Å². The average molecular weight is 552 g/mol. The number of imidazole rings is 1. The topological polar surface area (TPSA) is 60.2 Å². The summed E-state index contributed by atoms with van der Waals surface area (Å²) < 4.78 is 30.6. The molecule has 3 aromatic heterocycles. The van der Waals surface area contributed by atoms with Gasteiger partial charge in [0.05, 0.1) is 23.6 Å². The monoisotopic (exact) mass is 551 g/mol. The number of benzene rings is 1. The minimum atomic E-state index is -0.372. The Kier molecular flexibility index (Phi) is 6.94. The van der Waals surface area contributed by atoms with E-state index in [9.17, 15) is 9.18 Å². The van der Waals surface area contributed by atoms with Crippen LogP contribution in [0.5, 0.6) is 0 Å². The van der Waals surface area contributed by atoms with Gasteiger partial charge in [-0.25, -0.2) is 18.7 Å². The maximum absolute atomic E-state index is 15.4. The lowest BCUT2D eigenvalue weighted by atomic mass is 10.2. The molecule has 8 nitrogen and oxygen atoms in total. The van der Waals surface area contributed by atoms with Gasteiger partial charge in [0.15, 0.2) is 16.6 Å². The second-order valence-electron chi connectivity index (χ2n) is 10.1. The molecule has 0 atom stereocenters. The number of halogens is 2. The number of aryl methyl sites for hydroxylation is 1. The first-order valence-corrected chi connectivity index (χ1v) is 14.2. The van der Waals surface area contributed by atoms with Crippen LogP contribution in [0.15, 0.2) is 41.9 Å². The molecule has 2 aliphatic rings. The van der Waals surface area contributed by atoms with E-state index in [0.717, 1.165) is 66.2 Å². The molecular formula is C28H31F2N7OS. The summed E-state index contributed by atoms with van der Waals surface area (Å²) >= 11 is 1.47. The van der Waals surface area contributed by atoms with E-state index in [-0.39, 0.29) is 23.2 Å². The van der Waals surface area contributed by atoms with Gasteiger partial charge in [-0.15, -0.1) is 11.3 Å². The number of thiazole rings is 1. The molecule has 204 valence electrons. The zero-order valence-electron chi connectivity index (χ0n) is 22.1. The number of rotatable bonds is 7. The van der Waals surface area contributed by atoms with Crippen molar-refractivity contribution in [2.24, 2.45) is 0 Å². The van der Waals surface area contributed by atoms with E-state index in [2.05, 4.69) is 14.8 Å². The summed E-state index contributed by atoms with van der Waals surface area (Å²) in [5.41, 5.74) is 3.44. The van der Waals surface area contributed by atoms with E-state index in [1.807, 2.05) is 39.7 Å². The molecule has 0 saturated carbocycles. The Balaban J connectivity index is 1.25. The van der Waals surface area contributed by atoms with E-state index in [1.54, 1.807) is 18.2 Å². The van der Waals surface area contributed by atoms with Crippen LogP contribution < -0.4 is 9.80 Å². The molecule has 0 spiro atoms. The Morgan fingerprint density at radius 1 is 1.05 bits per heavy atom. The zero-order valence-corrected chi connectivity index (χ0v) is 22.9. The first-order chi connectivity index (χ1) is 18.9. The predicted octanol–water partition coefficient (Wildman–Crippen LogP) is 4.42. The molecule has 39 heavy (non-hydrogen) atoms. The highest BCUT2D eigenvalue weighted by atomic mass is 32.1. The van der Waals surface area contributed by atoms with Gasteiger partial charge in [0.25, 0.3) is 0 Å². The van der Waals surface area contributed by atoms with E-state index in [4.69, 9.17) is 4.98 Å². The van der Waals surface area contributed by atoms with Crippen LogP contribution in [0.3, 0.4) is 0 Å². The van der Waals surface area contributed by atoms with Crippen molar-refractivity contribution >= 4 is 39.5 Å². The second-order valence-corrected chi connectivity index (χ2v) is 10.9. The van der Waals surface area contributed by atoms with Gasteiger partial charge in [0.1, 0.15) is 11.6 Å². The van der Waals surface area contributed by atoms with Crippen LogP contribution in [0.1, 0.15) is 19.0 Å². The van der Waals surface area contributed by atoms with Crippen molar-refractivity contribution in [3.63, 3.8) is 0 Å². The molecule has 2 aliphatic heterocycles. The van der Waals surface area contributed by atoms with Crippen LogP contribution >= 0.6 is 11.3 Å². The van der Waals surface area contributed by atoms with Crippen molar-refractivity contribution in [1.29, 1.82) is 0 Å². The molecule has 5 heterocycles. The molecule has 0 aliphatic carbocycles. The lowest BCUT2D eigenvalue weighted by molar-refractivity contribution is -0.135. The van der Waals surface area contributed by atoms with Gasteiger partial charge >= 0.3 is 0 Å². The molecule has 1 amide bonds. The summed E-state index contributed by atoms with van der Waals surface area (Å²) in [5.74, 6) is 0.310. The molecule has 11 heteroatoms. The average Bonchev–Trinajstić information content (AvgIpc) is 3.54. The quantitative estimate of drug-likeness (QED) is 0.339. The van der Waals surface area contributed by atoms with Crippen molar-refractivity contribution in [2.45, 2.75) is 19.8 Å². The van der Waals surface area contributed by atoms with Crippen molar-refractivity contribution in [2.75, 3.05) is 62.7 Å². The van der Waals surface area contributed by atoms with Crippen molar-refractivity contribution < 1.29 is 13.6 Å². The SMILES string of the molecule is CCc1nc2c(F)cc(N3CCN(CC(=O)N4CCC4)CC3)cn2c1N(C)c1nc(-c2ccc(F)cc2)cs1. The lowest BCUT2D eigenvalue weighted by Crippen LogP contribution is -2.52. The number of aromatic nitrogens is 3. The molecule has 2 fully saturated rings. The lowest BCUT2D eigenvalue weighted by Gasteiger charge is -2.38. The molecule has 1 aromatic carbocycles. The fourth-order valence-electron chi connectivity index (χ4n) is 5.17. The Labute approximate surface area is 230 Å². The number of hydrogen-bond donors (Lipinski definition) is 0. The van der Waals surface area contributed by atoms with Gasteiger partial charge in [-0.05, 0) is 37.1 Å². The number of pyridine rings is 1. The number of nitrogens with zero attached hydrogens (tertiary/aromatic N) is 7. The van der Waals surface area contributed by atoms with Crippen LogP contribution in [0.4, 0.5) is 25.4 Å². The Bertz CT molecular complexity index is 1490. The molecule has 0 radical (unpaired) electrons. The minimum absolute atomic E-state index is 0.199. The maximum Gasteiger partial charge on any atom is 0.236 e. The summed E-state index contributed by atoms with van der Waals surface area (Å²) in [5, 5.41) is 2.67. The number of hydrogen-bond acceptors (Lipinski definition) is 7. The largest absolute Gasteiger partial charge is 0.368 e. The van der Waals surface area contributed by atoms with Crippen molar-refractivity contribution in [3.05, 3.63) is 59.2 Å². The van der Waals surface area contributed by atoms with E-state index in [1.165, 1.54) is 23.5 Å². The van der Waals surface area contributed by atoms with Crippen LogP contribution in [-0.2, 0) is 11.2 Å². The number of carbonyl (C=O) groups is 1. The van der Waals surface area contributed by atoms with Gasteiger partial charge in [-0.2, -0.15) is 0 Å². The van der Waals surface area contributed by atoms with Gasteiger partial charge in [-0.1, -0.05) is 6.92 Å². The van der Waals surface area contributed by atoms with Crippen LogP contribution in [0.2, 0.25) is 0 Å². The summed E-state index contributed by atoms with van der Waals surface area (Å²) in [6, 6.07) is 7.82. The highest BCUT2D eigenvalue weighted by Crippen LogP contribution is 2.35. The van der Waals surface area contributed by atoms with E-state index >= 15 is 4.39 Å². The Hall–Kier alpha value is -3.57. The molecule has 0 unspecified atom stereocenters. The zero-order chi connectivity index (χ0) is 27.1. The minimum Gasteiger partial charge on any atom is -0.368 e. The number of fused-ring (bicyclic) bond motifs is 1. The van der Waals surface area contributed by atoms with Crippen LogP contribution in [0.25, 0.3) is 16.9 Å². The molecule has 0 N–H and O–H groups in total. The summed E-state index contributed by atoms with van der Waals surface area (Å²) in [7, 11) is 1.91. The van der Waals surface area contributed by atoms with Crippen molar-refractivity contribution in [3.8, 4) is 11.3 Å². The number of carbonyl (C=O) groups excluding carboxylic acids is 1. The van der Waals surface area contributed by atoms with Gasteiger partial charge in [-0.3, -0.25) is 14.1 Å². The second kappa shape index (κ2) is 10.5. The van der Waals surface area contributed by atoms with Crippen molar-refractivity contribution in [1.82, 2.24) is 24.2 Å². The van der Waals surface area contributed by atoms with Gasteiger partial charge in [0, 0.05) is 69.5 Å². The molecular weight excluding hydrogens is 520 g/mol. The predicted molar refractivity (Wildman–Crippen MR) is 150 cm³/mol. The van der Waals surface area contributed by atoms with Crippen LogP contribution in [0, 0.1) is 11.6 Å². The fourth-order valence-corrected chi connectivity index (χ4v) is 5.98. The van der Waals surface area contributed by atoms with Crippen LogP contribution in [-0.4, -0.2) is 82.9 Å². The number of piperazine rings is 1. The number of anilines is 3. The Morgan fingerprint density at radius 2 is 1.79 bits per heavy atom. The highest BCUT2D eigenvalue weighted by Gasteiger charge is 2.26. The smallest absolute Gasteiger partial charge is 0.236 e. The third kappa shape index (κ3) is 4.96. The van der Waals surface area contributed by atoms with Gasteiger partial charge < -0.3 is 14.7 Å². The van der Waals surface area contributed by atoms with Gasteiger partial charge in [0.2, 0.25) is 5.91 Å². The number of likely N-dealkylation sites (tertiary alicyclic amines) is 1. The molecule has 2 saturated heterocycles. The first kappa shape index (κ1) is 25.7. The standard InChI is InChI=1S/C28H31F2N7OS/c1-3-23-27(33(2)28-32-24(18-39-28)19-5-7-20(29)8-6-19)37-16-21(15-22(30)26(37)31-23)35-13-11-34(12-14-35)17-25(38)36-9-4-10-36/h5-8,15-16,18H,3-4,9-14,17H2,1-2H3. The van der Waals surface area contributed by atoms with E-state index < -0.39 is 0 Å². The molecule has 4 aromatic rings. The summed E-state index contributed by atoms with van der Waals surface area (Å²) in [6.07, 6.45) is 3.68. The normalized spacial score (nSPS) is 16.1. The highest BCUT2D eigenvalue weighted by molar-refractivity contribution is 7.14. The summed E-state index contributed by atoms with van der Waals surface area (Å²) in [4.78, 5) is 30.0. The summed E-state index contributed by atoms with van der Waals surface area (Å²) in [6.45, 7) is 7.12. The molecule has 6 rings (SSSR count). The maximum atomic E-state index is 15.4. The number of amides is 1. The molecule has 0 bridgehead atoms. The first-order valence-electron chi connectivity index (χ1n) is 13.3. The Morgan fingerprint density at radius 3 is 2.46 bits per heavy atom.